The predicted octanol–water partition coefficient (Wildman–Crippen LogP) is 4.30. The molecule has 1 atom stereocenters. The molecule has 2 aromatic heterocycles. The van der Waals surface area contributed by atoms with Gasteiger partial charge in [-0.25, -0.2) is 14.6 Å². The summed E-state index contributed by atoms with van der Waals surface area (Å²) in [7, 11) is 0. The number of likely N-dealkylation sites (tertiary alicyclic amines) is 1. The first kappa shape index (κ1) is 20.7. The van der Waals surface area contributed by atoms with Crippen LogP contribution in [0.4, 0.5) is 0 Å². The molecule has 7 heteroatoms. The molecule has 164 valence electrons. The highest BCUT2D eigenvalue weighted by Gasteiger charge is 2.29. The summed E-state index contributed by atoms with van der Waals surface area (Å²) < 4.78 is 7.79. The predicted molar refractivity (Wildman–Crippen MR) is 125 cm³/mol. The van der Waals surface area contributed by atoms with E-state index in [1.54, 1.807) is 13.1 Å². The van der Waals surface area contributed by atoms with Crippen LogP contribution in [0, 0.1) is 11.8 Å². The van der Waals surface area contributed by atoms with Crippen LogP contribution >= 0.6 is 0 Å². The zero-order valence-electron chi connectivity index (χ0n) is 18.3. The van der Waals surface area contributed by atoms with Crippen LogP contribution in [0.1, 0.15) is 19.8 Å². The molecule has 0 spiro atoms. The van der Waals surface area contributed by atoms with Gasteiger partial charge in [0.2, 0.25) is 0 Å². The van der Waals surface area contributed by atoms with E-state index in [2.05, 4.69) is 21.8 Å². The summed E-state index contributed by atoms with van der Waals surface area (Å²) in [4.78, 5) is 22.9. The standard InChI is InChI=1S/C26H23N5O2/c1-2-7-24(32)30-15-6-8-20(30)17-31-26-23(16-27-18-28-26)25(29-31)19-11-13-22(14-12-19)33-21-9-4-3-5-10-21/h3-5,9-14,16,18,20H,6,8,15,17H2,1H3/t20-/m0/s1. The van der Waals surface area contributed by atoms with E-state index < -0.39 is 0 Å². The van der Waals surface area contributed by atoms with Gasteiger partial charge in [-0.3, -0.25) is 4.79 Å². The Labute approximate surface area is 192 Å². The van der Waals surface area contributed by atoms with Gasteiger partial charge in [-0.2, -0.15) is 5.10 Å². The fourth-order valence-electron chi connectivity index (χ4n) is 4.24. The number of rotatable bonds is 5. The van der Waals surface area contributed by atoms with Crippen LogP contribution in [0.3, 0.4) is 0 Å². The highest BCUT2D eigenvalue weighted by Crippen LogP contribution is 2.30. The lowest BCUT2D eigenvalue weighted by Gasteiger charge is -2.22. The second-order valence-corrected chi connectivity index (χ2v) is 7.90. The number of carbonyl (C=O) groups is 1. The zero-order valence-corrected chi connectivity index (χ0v) is 18.3. The molecule has 0 unspecified atom stereocenters. The van der Waals surface area contributed by atoms with Crippen molar-refractivity contribution in [3.8, 4) is 34.6 Å². The fraction of sp³-hybridized carbons (Fsp3) is 0.231. The quantitative estimate of drug-likeness (QED) is 0.435. The maximum absolute atomic E-state index is 12.4. The molecule has 5 rings (SSSR count). The van der Waals surface area contributed by atoms with Crippen molar-refractivity contribution in [2.24, 2.45) is 0 Å². The number of amides is 1. The van der Waals surface area contributed by atoms with Crippen molar-refractivity contribution in [3.63, 3.8) is 0 Å². The minimum Gasteiger partial charge on any atom is -0.457 e. The number of benzene rings is 2. The maximum Gasteiger partial charge on any atom is 0.298 e. The third kappa shape index (κ3) is 4.28. The summed E-state index contributed by atoms with van der Waals surface area (Å²) in [6.07, 6.45) is 5.20. The molecule has 0 N–H and O–H groups in total. The first-order chi connectivity index (χ1) is 16.2. The van der Waals surface area contributed by atoms with E-state index in [0.29, 0.717) is 6.54 Å². The van der Waals surface area contributed by atoms with E-state index in [1.165, 1.54) is 6.33 Å². The van der Waals surface area contributed by atoms with Crippen LogP contribution in [0.2, 0.25) is 0 Å². The molecule has 1 fully saturated rings. The van der Waals surface area contributed by atoms with Crippen LogP contribution < -0.4 is 4.74 Å². The first-order valence-electron chi connectivity index (χ1n) is 11.0. The molecule has 0 radical (unpaired) electrons. The van der Waals surface area contributed by atoms with Gasteiger partial charge >= 0.3 is 0 Å². The van der Waals surface area contributed by atoms with E-state index in [0.717, 1.165) is 53.2 Å². The zero-order chi connectivity index (χ0) is 22.6. The van der Waals surface area contributed by atoms with Crippen LogP contribution in [0.5, 0.6) is 11.5 Å². The van der Waals surface area contributed by atoms with Gasteiger partial charge in [0, 0.05) is 18.3 Å². The van der Waals surface area contributed by atoms with Gasteiger partial charge in [0.1, 0.15) is 23.5 Å². The van der Waals surface area contributed by atoms with E-state index in [4.69, 9.17) is 9.84 Å². The fourth-order valence-corrected chi connectivity index (χ4v) is 4.24. The highest BCUT2D eigenvalue weighted by molar-refractivity contribution is 5.94. The van der Waals surface area contributed by atoms with Crippen molar-refractivity contribution >= 4 is 16.9 Å². The minimum absolute atomic E-state index is 0.0471. The number of aromatic nitrogens is 4. The van der Waals surface area contributed by atoms with Gasteiger partial charge in [-0.15, -0.1) is 0 Å². The van der Waals surface area contributed by atoms with Gasteiger partial charge < -0.3 is 9.64 Å². The largest absolute Gasteiger partial charge is 0.457 e. The average molecular weight is 438 g/mol. The van der Waals surface area contributed by atoms with Gasteiger partial charge in [0.25, 0.3) is 5.91 Å². The molecule has 1 aliphatic rings. The summed E-state index contributed by atoms with van der Waals surface area (Å²) in [5, 5.41) is 5.75. The second-order valence-electron chi connectivity index (χ2n) is 7.90. The number of carbonyl (C=O) groups excluding carboxylic acids is 1. The molecule has 3 heterocycles. The Balaban J connectivity index is 1.43. The number of nitrogens with zero attached hydrogens (tertiary/aromatic N) is 5. The van der Waals surface area contributed by atoms with E-state index >= 15 is 0 Å². The molecule has 1 aliphatic heterocycles. The smallest absolute Gasteiger partial charge is 0.298 e. The molecule has 0 bridgehead atoms. The van der Waals surface area contributed by atoms with Crippen molar-refractivity contribution in [3.05, 3.63) is 67.1 Å². The van der Waals surface area contributed by atoms with Crippen LogP contribution in [0.15, 0.2) is 67.1 Å². The molecule has 2 aromatic carbocycles. The number of hydrogen-bond acceptors (Lipinski definition) is 5. The number of fused-ring (bicyclic) bond motifs is 1. The van der Waals surface area contributed by atoms with Crippen molar-refractivity contribution in [1.82, 2.24) is 24.6 Å². The monoisotopic (exact) mass is 437 g/mol. The van der Waals surface area contributed by atoms with Crippen molar-refractivity contribution in [1.29, 1.82) is 0 Å². The third-order valence-electron chi connectivity index (χ3n) is 5.77. The number of para-hydroxylation sites is 1. The van der Waals surface area contributed by atoms with Crippen molar-refractivity contribution in [2.75, 3.05) is 6.54 Å². The molecule has 4 aromatic rings. The average Bonchev–Trinajstić information content (AvgIpc) is 3.46. The molecule has 1 amide bonds. The summed E-state index contributed by atoms with van der Waals surface area (Å²) in [6, 6.07) is 17.6. The maximum atomic E-state index is 12.4. The molecule has 1 saturated heterocycles. The topological polar surface area (TPSA) is 73.1 Å². The van der Waals surface area contributed by atoms with Gasteiger partial charge in [0.05, 0.1) is 18.0 Å². The minimum atomic E-state index is -0.125. The summed E-state index contributed by atoms with van der Waals surface area (Å²) in [5.41, 5.74) is 2.51. The summed E-state index contributed by atoms with van der Waals surface area (Å²) in [5.74, 6) is 6.79. The van der Waals surface area contributed by atoms with E-state index in [-0.39, 0.29) is 11.9 Å². The lowest BCUT2D eigenvalue weighted by molar-refractivity contribution is -0.126. The summed E-state index contributed by atoms with van der Waals surface area (Å²) in [6.45, 7) is 2.98. The second kappa shape index (κ2) is 9.13. The first-order valence-corrected chi connectivity index (χ1v) is 11.0. The Morgan fingerprint density at radius 1 is 1.12 bits per heavy atom. The Hall–Kier alpha value is -4.18. The van der Waals surface area contributed by atoms with E-state index in [9.17, 15) is 4.79 Å². The van der Waals surface area contributed by atoms with Gasteiger partial charge in [-0.1, -0.05) is 24.1 Å². The molecule has 0 saturated carbocycles. The SMILES string of the molecule is CC#CC(=O)N1CCC[C@H]1Cn1nc(-c2ccc(Oc3ccccc3)cc2)c2cncnc21. The number of ether oxygens (including phenoxy) is 1. The Morgan fingerprint density at radius 3 is 2.70 bits per heavy atom. The lowest BCUT2D eigenvalue weighted by atomic mass is 10.1. The molecule has 0 aliphatic carbocycles. The molecule has 7 nitrogen and oxygen atoms in total. The Kier molecular flexibility index (Phi) is 5.73. The molecule has 33 heavy (non-hydrogen) atoms. The van der Waals surface area contributed by atoms with Crippen LogP contribution in [-0.4, -0.2) is 43.1 Å². The van der Waals surface area contributed by atoms with Crippen LogP contribution in [-0.2, 0) is 11.3 Å². The lowest BCUT2D eigenvalue weighted by Crippen LogP contribution is -2.37. The summed E-state index contributed by atoms with van der Waals surface area (Å²) >= 11 is 0. The Bertz CT molecular complexity index is 1340. The van der Waals surface area contributed by atoms with Gasteiger partial charge in [0.15, 0.2) is 5.65 Å². The molecular weight excluding hydrogens is 414 g/mol. The van der Waals surface area contributed by atoms with Crippen LogP contribution in [0.25, 0.3) is 22.3 Å². The molecular formula is C26H23N5O2. The van der Waals surface area contributed by atoms with E-state index in [1.807, 2.05) is 64.2 Å². The number of hydrogen-bond donors (Lipinski definition) is 0. The van der Waals surface area contributed by atoms with Crippen molar-refractivity contribution < 1.29 is 9.53 Å². The van der Waals surface area contributed by atoms with Crippen molar-refractivity contribution in [2.45, 2.75) is 32.4 Å². The van der Waals surface area contributed by atoms with Gasteiger partial charge in [-0.05, 0) is 62.1 Å². The third-order valence-corrected chi connectivity index (χ3v) is 5.77. The normalized spacial score (nSPS) is 15.3. The Morgan fingerprint density at radius 2 is 1.91 bits per heavy atom. The highest BCUT2D eigenvalue weighted by atomic mass is 16.5.